The predicted octanol–water partition coefficient (Wildman–Crippen LogP) is 11.4. The fraction of sp³-hybridized carbons (Fsp3) is 0.386. The second-order valence-corrected chi connectivity index (χ2v) is 33.1. The van der Waals surface area contributed by atoms with Gasteiger partial charge in [-0.25, -0.2) is 0 Å². The van der Waals surface area contributed by atoms with Crippen LogP contribution < -0.4 is 59.7 Å². The zero-order valence-corrected chi connectivity index (χ0v) is 70.4. The number of nitrogens with zero attached hydrogens (tertiary/aromatic N) is 3. The van der Waals surface area contributed by atoms with E-state index >= 15 is 0 Å². The van der Waals surface area contributed by atoms with Gasteiger partial charge in [-0.3, -0.25) is 28.8 Å². The van der Waals surface area contributed by atoms with Crippen LogP contribution in [-0.4, -0.2) is 177 Å². The zero-order valence-electron chi connectivity index (χ0n) is 70.4. The maximum absolute atomic E-state index is 13.9. The Morgan fingerprint density at radius 1 is 0.369 bits per heavy atom. The van der Waals surface area contributed by atoms with E-state index in [4.69, 9.17) is 21.6 Å². The summed E-state index contributed by atoms with van der Waals surface area (Å²) in [7, 11) is 0. The number of carbonyl (C=O) groups excluding carboxylic acids is 6. The highest BCUT2D eigenvalue weighted by Crippen LogP contribution is 2.32. The lowest BCUT2D eigenvalue weighted by atomic mass is 9.90. The van der Waals surface area contributed by atoms with Crippen molar-refractivity contribution < 1.29 is 33.2 Å². The molecule has 8 atom stereocenters. The summed E-state index contributed by atoms with van der Waals surface area (Å²) in [5.74, 6) is 0.698. The minimum atomic E-state index is -0.325. The summed E-state index contributed by atoms with van der Waals surface area (Å²) in [6.07, 6.45) is 11.1. The zero-order chi connectivity index (χ0) is 84.6. The second-order valence-electron chi connectivity index (χ2n) is 33.1. The maximum Gasteiger partial charge on any atom is 0.287 e. The van der Waals surface area contributed by atoms with Crippen LogP contribution in [0.4, 0.5) is 0 Å². The van der Waals surface area contributed by atoms with Crippen LogP contribution in [0.1, 0.15) is 161 Å². The molecule has 5 aliphatic rings. The minimum absolute atomic E-state index is 0.0125. The van der Waals surface area contributed by atoms with Gasteiger partial charge in [0.05, 0.1) is 30.2 Å². The van der Waals surface area contributed by atoms with Gasteiger partial charge in [-0.1, -0.05) is 268 Å². The number of para-hydroxylation sites is 1. The molecule has 6 heterocycles. The van der Waals surface area contributed by atoms with Gasteiger partial charge < -0.3 is 78.9 Å². The van der Waals surface area contributed by atoms with Gasteiger partial charge in [-0.05, 0) is 158 Å². The van der Waals surface area contributed by atoms with Crippen LogP contribution in [-0.2, 0) is 49.9 Å². The first-order valence-corrected chi connectivity index (χ1v) is 44.3. The first kappa shape index (κ1) is 88.8. The number of unbranched alkanes of at least 4 members (excludes halogenated alkanes) is 3. The van der Waals surface area contributed by atoms with Gasteiger partial charge >= 0.3 is 0 Å². The lowest BCUT2D eigenvalue weighted by molar-refractivity contribution is -0.133. The molecular formula is C101H124N14O7. The summed E-state index contributed by atoms with van der Waals surface area (Å²) in [6.45, 7) is 8.37. The van der Waals surface area contributed by atoms with Gasteiger partial charge in [0.1, 0.15) is 5.58 Å². The summed E-state index contributed by atoms with van der Waals surface area (Å²) in [5, 5.41) is 27.8. The van der Waals surface area contributed by atoms with Gasteiger partial charge in [0.25, 0.3) is 5.91 Å². The van der Waals surface area contributed by atoms with Crippen molar-refractivity contribution in [1.29, 1.82) is 0 Å². The number of amides is 6. The molecular weight excluding hydrogens is 1520 g/mol. The number of benzene rings is 9. The third kappa shape index (κ3) is 25.1. The largest absolute Gasteiger partial charge is 0.451 e. The quantitative estimate of drug-likeness (QED) is 0.0170. The summed E-state index contributed by atoms with van der Waals surface area (Å²) < 4.78 is 5.74. The van der Waals surface area contributed by atoms with Gasteiger partial charge in [0.15, 0.2) is 5.76 Å². The molecule has 9 aromatic carbocycles. The summed E-state index contributed by atoms with van der Waals surface area (Å²) in [5.41, 5.74) is 30.1. The third-order valence-electron chi connectivity index (χ3n) is 24.6. The second kappa shape index (κ2) is 46.3. The van der Waals surface area contributed by atoms with Crippen molar-refractivity contribution in [3.63, 3.8) is 0 Å². The highest BCUT2D eigenvalue weighted by molar-refractivity contribution is 5.96. The van der Waals surface area contributed by atoms with Crippen LogP contribution in [0.15, 0.2) is 265 Å². The molecule has 5 aliphatic heterocycles. The normalized spacial score (nSPS) is 19.9. The summed E-state index contributed by atoms with van der Waals surface area (Å²) in [6, 6.07) is 87.0. The van der Waals surface area contributed by atoms with Crippen molar-refractivity contribution in [1.82, 2.24) is 57.2 Å². The predicted molar refractivity (Wildman–Crippen MR) is 485 cm³/mol. The molecule has 122 heavy (non-hydrogen) atoms. The molecule has 21 heteroatoms. The molecule has 0 unspecified atom stereocenters. The standard InChI is InChI=1S/2C34H43N5O2.C33H38N4O3/c2*35-19-10-9-17-31-34(41)39(24-30(25-11-3-1-4-12-25)26-13-5-2-6-14-26)20-18-29(38-31)23-37-33(40)32-21-27-15-7-8-16-28(27)22-36-32;34-19-10-9-16-29-33(39)37(23-28(24-11-3-1-4-12-24)25-13-5-2-6-14-25)20-18-27(36-29)22-35-32(38)31-21-26-15-7-8-17-30(26)40-31/h2*1-8,11-16,29-32,36,38H,9-10,17-24,35H2,(H,37,40);1-8,11-15,17,21,27-29,36H,9-10,16,18-20,22-23,34H2,(H,35,38)/t29-,31-,32+;29-,31-,32-;27-,29-/m000/s1. The Hall–Kier alpha value is -11.0. The average Bonchev–Trinajstić information content (AvgIpc) is 1.04. The first-order valence-electron chi connectivity index (χ1n) is 44.3. The van der Waals surface area contributed by atoms with E-state index in [1.807, 2.05) is 124 Å². The number of furan rings is 1. The Bertz CT molecular complexity index is 4550. The molecule has 6 amide bonds. The van der Waals surface area contributed by atoms with E-state index in [0.29, 0.717) is 122 Å². The highest BCUT2D eigenvalue weighted by atomic mass is 16.3. The number of hydrogen-bond acceptors (Lipinski definition) is 15. The molecule has 3 fully saturated rings. The van der Waals surface area contributed by atoms with Crippen molar-refractivity contribution in [2.24, 2.45) is 17.2 Å². The third-order valence-corrected chi connectivity index (χ3v) is 24.6. The van der Waals surface area contributed by atoms with Crippen molar-refractivity contribution in [3.05, 3.63) is 322 Å². The fourth-order valence-corrected chi connectivity index (χ4v) is 17.7. The van der Waals surface area contributed by atoms with Crippen LogP contribution >= 0.6 is 0 Å². The topological polar surface area (TPSA) is 300 Å². The van der Waals surface area contributed by atoms with E-state index in [9.17, 15) is 28.8 Å². The molecule has 640 valence electrons. The smallest absolute Gasteiger partial charge is 0.287 e. The Balaban J connectivity index is 0.000000158. The number of rotatable bonds is 33. The Kier molecular flexibility index (Phi) is 33.7. The van der Waals surface area contributed by atoms with E-state index in [0.717, 1.165) is 76.0 Å². The van der Waals surface area contributed by atoms with Crippen molar-refractivity contribution >= 4 is 46.4 Å². The van der Waals surface area contributed by atoms with Crippen LogP contribution in [0.3, 0.4) is 0 Å². The molecule has 0 radical (unpaired) electrons. The highest BCUT2D eigenvalue weighted by Gasteiger charge is 2.38. The summed E-state index contributed by atoms with van der Waals surface area (Å²) in [4.78, 5) is 86.9. The number of nitrogens with two attached hydrogens (primary N) is 3. The minimum Gasteiger partial charge on any atom is -0.451 e. The lowest BCUT2D eigenvalue weighted by Crippen LogP contribution is -2.52. The van der Waals surface area contributed by atoms with Crippen LogP contribution in [0.25, 0.3) is 11.0 Å². The Morgan fingerprint density at radius 2 is 0.664 bits per heavy atom. The Labute approximate surface area is 719 Å². The number of nitrogens with one attached hydrogen (secondary N) is 8. The molecule has 0 bridgehead atoms. The molecule has 0 saturated carbocycles. The van der Waals surface area contributed by atoms with E-state index in [1.165, 1.54) is 55.6 Å². The fourth-order valence-electron chi connectivity index (χ4n) is 17.7. The van der Waals surface area contributed by atoms with Gasteiger partial charge in [-0.15, -0.1) is 0 Å². The van der Waals surface area contributed by atoms with Gasteiger partial charge in [-0.2, -0.15) is 0 Å². The summed E-state index contributed by atoms with van der Waals surface area (Å²) >= 11 is 0. The SMILES string of the molecule is NCCCC[C@@H]1N[C@H](CNC(=O)[C@@H]2Cc3ccccc3CN2)CCN(CC(c2ccccc2)c2ccccc2)C1=O.NCCCC[C@@H]1N[C@H](CNC(=O)[C@H]2Cc3ccccc3CN2)CCN(CC(c2ccccc2)c2ccccc2)C1=O.NCCCC[C@@H]1N[C@H](CNC(=O)c2cc3ccccc3o2)CCN(CC(c2ccccc2)c2ccccc2)C1=O. The molecule has 0 aliphatic carbocycles. The monoisotopic (exact) mass is 1640 g/mol. The lowest BCUT2D eigenvalue weighted by Gasteiger charge is -2.29. The number of hydrogen-bond donors (Lipinski definition) is 11. The molecule has 10 aromatic rings. The van der Waals surface area contributed by atoms with Crippen molar-refractivity contribution in [3.8, 4) is 0 Å². The molecule has 0 spiro atoms. The maximum atomic E-state index is 13.9. The van der Waals surface area contributed by atoms with Crippen LogP contribution in [0, 0.1) is 0 Å². The van der Waals surface area contributed by atoms with Gasteiger partial charge in [0, 0.05) is 113 Å². The van der Waals surface area contributed by atoms with E-state index < -0.39 is 0 Å². The van der Waals surface area contributed by atoms with E-state index in [1.54, 1.807) is 6.07 Å². The van der Waals surface area contributed by atoms with Crippen molar-refractivity contribution in [2.45, 2.75) is 169 Å². The molecule has 21 nitrogen and oxygen atoms in total. The van der Waals surface area contributed by atoms with E-state index in [2.05, 4.69) is 188 Å². The van der Waals surface area contributed by atoms with Crippen molar-refractivity contribution in [2.75, 3.05) is 78.5 Å². The van der Waals surface area contributed by atoms with Crippen LogP contribution in [0.2, 0.25) is 0 Å². The number of fused-ring (bicyclic) bond motifs is 3. The Morgan fingerprint density at radius 3 is 0.984 bits per heavy atom. The molecule has 1 aromatic heterocycles. The van der Waals surface area contributed by atoms with E-state index in [-0.39, 0.29) is 102 Å². The molecule has 14 N–H and O–H groups in total. The average molecular weight is 1650 g/mol. The van der Waals surface area contributed by atoms with Crippen LogP contribution in [0.5, 0.6) is 0 Å². The molecule has 15 rings (SSSR count). The first-order chi connectivity index (χ1) is 59.9. The molecule has 3 saturated heterocycles. The number of carbonyl (C=O) groups is 6. The van der Waals surface area contributed by atoms with Gasteiger partial charge in [0.2, 0.25) is 29.5 Å².